The molecular weight excluding hydrogens is 302 g/mol. The van der Waals surface area contributed by atoms with Gasteiger partial charge in [0.2, 0.25) is 0 Å². The summed E-state index contributed by atoms with van der Waals surface area (Å²) in [6.07, 6.45) is 0. The minimum Gasteiger partial charge on any atom is -0.507 e. The number of halogens is 1. The summed E-state index contributed by atoms with van der Waals surface area (Å²) < 4.78 is 0.803. The van der Waals surface area contributed by atoms with Crippen molar-refractivity contribution in [2.75, 3.05) is 18.1 Å². The Morgan fingerprint density at radius 3 is 3.06 bits per heavy atom. The zero-order valence-electron chi connectivity index (χ0n) is 9.52. The highest BCUT2D eigenvalue weighted by Gasteiger charge is 2.26. The Labute approximate surface area is 113 Å². The molecule has 1 aliphatic rings. The van der Waals surface area contributed by atoms with Gasteiger partial charge in [0, 0.05) is 28.6 Å². The molecule has 1 N–H and O–H groups in total. The van der Waals surface area contributed by atoms with E-state index in [4.69, 9.17) is 0 Å². The van der Waals surface area contributed by atoms with E-state index in [-0.39, 0.29) is 17.7 Å². The van der Waals surface area contributed by atoms with Gasteiger partial charge < -0.3 is 10.0 Å². The maximum absolute atomic E-state index is 12.3. The molecule has 1 heterocycles. The van der Waals surface area contributed by atoms with E-state index in [1.807, 2.05) is 23.6 Å². The van der Waals surface area contributed by atoms with Crippen molar-refractivity contribution < 1.29 is 9.90 Å². The first-order valence-electron chi connectivity index (χ1n) is 5.47. The van der Waals surface area contributed by atoms with Gasteiger partial charge in [-0.1, -0.05) is 15.9 Å². The van der Waals surface area contributed by atoms with E-state index in [0.717, 1.165) is 22.5 Å². The number of rotatable bonds is 1. The van der Waals surface area contributed by atoms with Crippen molar-refractivity contribution in [2.45, 2.75) is 13.0 Å². The predicted molar refractivity (Wildman–Crippen MR) is 73.6 cm³/mol. The molecule has 1 aromatic rings. The smallest absolute Gasteiger partial charge is 0.257 e. The van der Waals surface area contributed by atoms with Crippen LogP contribution in [-0.4, -0.2) is 40.0 Å². The number of thioether (sulfide) groups is 1. The third-order valence-electron chi connectivity index (χ3n) is 2.82. The molecule has 0 saturated carbocycles. The second-order valence-corrected chi connectivity index (χ2v) is 6.15. The highest BCUT2D eigenvalue weighted by Crippen LogP contribution is 2.26. The fourth-order valence-corrected chi connectivity index (χ4v) is 3.24. The van der Waals surface area contributed by atoms with Crippen LogP contribution in [0.2, 0.25) is 0 Å². The molecule has 92 valence electrons. The number of carbonyl (C=O) groups excluding carboxylic acids is 1. The Bertz CT molecular complexity index is 439. The molecule has 1 aromatic carbocycles. The monoisotopic (exact) mass is 315 g/mol. The Kier molecular flexibility index (Phi) is 3.99. The zero-order valence-corrected chi connectivity index (χ0v) is 11.9. The maximum atomic E-state index is 12.3. The Morgan fingerprint density at radius 2 is 2.35 bits per heavy atom. The molecule has 5 heteroatoms. The van der Waals surface area contributed by atoms with Gasteiger partial charge in [-0.05, 0) is 25.1 Å². The first kappa shape index (κ1) is 12.8. The number of carbonyl (C=O) groups is 1. The third-order valence-corrected chi connectivity index (χ3v) is 4.50. The Balaban J connectivity index is 2.26. The normalized spacial score (nSPS) is 20.4. The van der Waals surface area contributed by atoms with Gasteiger partial charge in [0.1, 0.15) is 5.75 Å². The largest absolute Gasteiger partial charge is 0.507 e. The maximum Gasteiger partial charge on any atom is 0.257 e. The van der Waals surface area contributed by atoms with Crippen LogP contribution in [0.4, 0.5) is 0 Å². The highest BCUT2D eigenvalue weighted by atomic mass is 79.9. The van der Waals surface area contributed by atoms with Crippen LogP contribution in [0.1, 0.15) is 17.3 Å². The van der Waals surface area contributed by atoms with Crippen molar-refractivity contribution in [1.82, 2.24) is 4.90 Å². The summed E-state index contributed by atoms with van der Waals surface area (Å²) in [5.74, 6) is 1.88. The van der Waals surface area contributed by atoms with Crippen molar-refractivity contribution in [1.29, 1.82) is 0 Å². The summed E-state index contributed by atoms with van der Waals surface area (Å²) in [5.41, 5.74) is 0.373. The van der Waals surface area contributed by atoms with E-state index in [2.05, 4.69) is 15.9 Å². The van der Waals surface area contributed by atoms with Crippen LogP contribution in [0.5, 0.6) is 5.75 Å². The number of nitrogens with zero attached hydrogens (tertiary/aromatic N) is 1. The fourth-order valence-electron chi connectivity index (χ4n) is 1.86. The summed E-state index contributed by atoms with van der Waals surface area (Å²) in [5, 5.41) is 9.75. The lowest BCUT2D eigenvalue weighted by molar-refractivity contribution is 0.0713. The standard InChI is InChI=1S/C12H14BrNO2S/c1-8-7-17-5-4-14(8)12(16)10-6-9(13)2-3-11(10)15/h2-3,6,8,15H,4-5,7H2,1H3. The molecule has 3 nitrogen and oxygen atoms in total. The summed E-state index contributed by atoms with van der Waals surface area (Å²) in [4.78, 5) is 14.2. The Morgan fingerprint density at radius 1 is 1.59 bits per heavy atom. The van der Waals surface area contributed by atoms with Gasteiger partial charge in [0.25, 0.3) is 5.91 Å². The molecule has 0 aliphatic carbocycles. The van der Waals surface area contributed by atoms with E-state index in [9.17, 15) is 9.90 Å². The molecule has 1 saturated heterocycles. The lowest BCUT2D eigenvalue weighted by Crippen LogP contribution is -2.44. The molecule has 1 atom stereocenters. The van der Waals surface area contributed by atoms with E-state index in [1.54, 1.807) is 18.2 Å². The van der Waals surface area contributed by atoms with E-state index in [0.29, 0.717) is 5.56 Å². The van der Waals surface area contributed by atoms with Gasteiger partial charge in [-0.25, -0.2) is 0 Å². The van der Waals surface area contributed by atoms with E-state index < -0.39 is 0 Å². The highest BCUT2D eigenvalue weighted by molar-refractivity contribution is 9.10. The average molecular weight is 316 g/mol. The van der Waals surface area contributed by atoms with Crippen molar-refractivity contribution in [3.8, 4) is 5.75 Å². The molecule has 1 amide bonds. The summed E-state index contributed by atoms with van der Waals surface area (Å²) in [6, 6.07) is 5.16. The molecular formula is C12H14BrNO2S. The number of phenolic OH excluding ortho intramolecular Hbond substituents is 1. The van der Waals surface area contributed by atoms with Crippen molar-refractivity contribution in [2.24, 2.45) is 0 Å². The lowest BCUT2D eigenvalue weighted by atomic mass is 10.1. The van der Waals surface area contributed by atoms with E-state index in [1.165, 1.54) is 0 Å². The van der Waals surface area contributed by atoms with Crippen LogP contribution < -0.4 is 0 Å². The molecule has 0 aromatic heterocycles. The van der Waals surface area contributed by atoms with Crippen LogP contribution in [0.15, 0.2) is 22.7 Å². The van der Waals surface area contributed by atoms with Gasteiger partial charge in [-0.15, -0.1) is 0 Å². The summed E-state index contributed by atoms with van der Waals surface area (Å²) in [6.45, 7) is 2.79. The molecule has 2 rings (SSSR count). The van der Waals surface area contributed by atoms with Gasteiger partial charge in [0.15, 0.2) is 0 Å². The van der Waals surface area contributed by atoms with Crippen LogP contribution in [0.3, 0.4) is 0 Å². The van der Waals surface area contributed by atoms with Gasteiger partial charge in [-0.2, -0.15) is 11.8 Å². The lowest BCUT2D eigenvalue weighted by Gasteiger charge is -2.33. The molecule has 1 aliphatic heterocycles. The number of hydrogen-bond donors (Lipinski definition) is 1. The molecule has 0 radical (unpaired) electrons. The molecule has 0 bridgehead atoms. The zero-order chi connectivity index (χ0) is 12.4. The predicted octanol–water partition coefficient (Wildman–Crippen LogP) is 2.73. The number of hydrogen-bond acceptors (Lipinski definition) is 3. The SMILES string of the molecule is CC1CSCCN1C(=O)c1cc(Br)ccc1O. The van der Waals surface area contributed by atoms with Crippen LogP contribution in [0.25, 0.3) is 0 Å². The third kappa shape index (κ3) is 2.77. The molecule has 17 heavy (non-hydrogen) atoms. The van der Waals surface area contributed by atoms with Crippen LogP contribution >= 0.6 is 27.7 Å². The van der Waals surface area contributed by atoms with Crippen molar-refractivity contribution in [3.63, 3.8) is 0 Å². The first-order chi connectivity index (χ1) is 8.09. The Hall–Kier alpha value is -0.680. The average Bonchev–Trinajstić information content (AvgIpc) is 2.32. The van der Waals surface area contributed by atoms with Gasteiger partial charge >= 0.3 is 0 Å². The first-order valence-corrected chi connectivity index (χ1v) is 7.41. The molecule has 1 unspecified atom stereocenters. The summed E-state index contributed by atoms with van der Waals surface area (Å²) >= 11 is 5.18. The van der Waals surface area contributed by atoms with E-state index >= 15 is 0 Å². The van der Waals surface area contributed by atoms with Crippen molar-refractivity contribution >= 4 is 33.6 Å². The molecule has 0 spiro atoms. The number of aromatic hydroxyl groups is 1. The van der Waals surface area contributed by atoms with Gasteiger partial charge in [0.05, 0.1) is 5.56 Å². The van der Waals surface area contributed by atoms with Crippen molar-refractivity contribution in [3.05, 3.63) is 28.2 Å². The fraction of sp³-hybridized carbons (Fsp3) is 0.417. The quantitative estimate of drug-likeness (QED) is 0.866. The second kappa shape index (κ2) is 5.31. The minimum atomic E-state index is -0.0865. The topological polar surface area (TPSA) is 40.5 Å². The number of benzene rings is 1. The minimum absolute atomic E-state index is 0.0450. The van der Waals surface area contributed by atoms with Gasteiger partial charge in [-0.3, -0.25) is 4.79 Å². The number of phenols is 1. The number of amides is 1. The van der Waals surface area contributed by atoms with Crippen LogP contribution in [-0.2, 0) is 0 Å². The molecule has 1 fully saturated rings. The second-order valence-electron chi connectivity index (χ2n) is 4.08. The van der Waals surface area contributed by atoms with Crippen LogP contribution in [0, 0.1) is 0 Å². The summed E-state index contributed by atoms with van der Waals surface area (Å²) in [7, 11) is 0.